The summed E-state index contributed by atoms with van der Waals surface area (Å²) in [6.45, 7) is 0.859. The maximum atomic E-state index is 4.14. The third-order valence-electron chi connectivity index (χ3n) is 0.930. The number of hydrogen-bond donors (Lipinski definition) is 1. The van der Waals surface area contributed by atoms with Crippen molar-refractivity contribution in [2.24, 2.45) is 5.10 Å². The molecule has 0 saturated carbocycles. The fourth-order valence-electron chi connectivity index (χ4n) is 0.556. The van der Waals surface area contributed by atoms with Gasteiger partial charge >= 0.3 is 0 Å². The standard InChI is InChI=1S/C4H8IN3/c1-8-3-6-4(2-5)7-8/h2-3H2,1H3,(H,6,7). The Morgan fingerprint density at radius 1 is 2.00 bits per heavy atom. The van der Waals surface area contributed by atoms with E-state index in [0.29, 0.717) is 0 Å². The molecule has 1 aliphatic rings. The molecule has 3 nitrogen and oxygen atoms in total. The van der Waals surface area contributed by atoms with Crippen LogP contribution in [0.1, 0.15) is 0 Å². The predicted octanol–water partition coefficient (Wildman–Crippen LogP) is 0.227. The maximum Gasteiger partial charge on any atom is 0.133 e. The van der Waals surface area contributed by atoms with Crippen LogP contribution >= 0.6 is 22.6 Å². The molecule has 46 valence electrons. The molecule has 0 unspecified atom stereocenters. The van der Waals surface area contributed by atoms with E-state index in [1.54, 1.807) is 0 Å². The van der Waals surface area contributed by atoms with E-state index < -0.39 is 0 Å². The average Bonchev–Trinajstić information content (AvgIpc) is 2.14. The highest BCUT2D eigenvalue weighted by molar-refractivity contribution is 14.1. The summed E-state index contributed by atoms with van der Waals surface area (Å²) in [7, 11) is 1.95. The minimum Gasteiger partial charge on any atom is -0.353 e. The molecule has 0 saturated heterocycles. The van der Waals surface area contributed by atoms with Crippen LogP contribution in [0.15, 0.2) is 5.10 Å². The smallest absolute Gasteiger partial charge is 0.133 e. The number of nitrogens with one attached hydrogen (secondary N) is 1. The Hall–Kier alpha value is -0.0000000000000000555. The van der Waals surface area contributed by atoms with E-state index in [1.165, 1.54) is 0 Å². The molecule has 0 radical (unpaired) electrons. The van der Waals surface area contributed by atoms with Gasteiger partial charge in [0, 0.05) is 7.05 Å². The van der Waals surface area contributed by atoms with Crippen molar-refractivity contribution in [2.45, 2.75) is 0 Å². The Morgan fingerprint density at radius 2 is 2.75 bits per heavy atom. The SMILES string of the molecule is CN1CNC(CI)=N1. The van der Waals surface area contributed by atoms with Gasteiger partial charge in [0.2, 0.25) is 0 Å². The second-order valence-electron chi connectivity index (χ2n) is 1.67. The third kappa shape index (κ3) is 1.24. The molecule has 8 heavy (non-hydrogen) atoms. The molecular weight excluding hydrogens is 217 g/mol. The van der Waals surface area contributed by atoms with E-state index in [9.17, 15) is 0 Å². The first-order valence-corrected chi connectivity index (χ1v) is 3.94. The summed E-state index contributed by atoms with van der Waals surface area (Å²) in [6.07, 6.45) is 0. The first-order chi connectivity index (χ1) is 3.83. The van der Waals surface area contributed by atoms with Gasteiger partial charge < -0.3 is 5.32 Å². The van der Waals surface area contributed by atoms with Gasteiger partial charge in [-0.15, -0.1) is 0 Å². The lowest BCUT2D eigenvalue weighted by atomic mass is 10.7. The molecule has 0 amide bonds. The lowest BCUT2D eigenvalue weighted by Crippen LogP contribution is -2.22. The summed E-state index contributed by atoms with van der Waals surface area (Å²) in [5.41, 5.74) is 0. The van der Waals surface area contributed by atoms with Crippen molar-refractivity contribution >= 4 is 28.4 Å². The highest BCUT2D eigenvalue weighted by Gasteiger charge is 2.05. The quantitative estimate of drug-likeness (QED) is 0.511. The van der Waals surface area contributed by atoms with Crippen LogP contribution < -0.4 is 5.32 Å². The zero-order valence-electron chi connectivity index (χ0n) is 4.69. The van der Waals surface area contributed by atoms with Crippen LogP contribution in [-0.4, -0.2) is 29.0 Å². The minimum absolute atomic E-state index is 0.859. The van der Waals surface area contributed by atoms with Crippen molar-refractivity contribution in [3.05, 3.63) is 0 Å². The van der Waals surface area contributed by atoms with Gasteiger partial charge in [-0.05, 0) is 0 Å². The molecule has 1 rings (SSSR count). The minimum atomic E-state index is 0.859. The second-order valence-corrected chi connectivity index (χ2v) is 2.44. The summed E-state index contributed by atoms with van der Waals surface area (Å²) in [5, 5.41) is 9.15. The Balaban J connectivity index is 2.44. The molecule has 1 aliphatic heterocycles. The lowest BCUT2D eigenvalue weighted by Gasteiger charge is -1.99. The Kier molecular flexibility index (Phi) is 1.93. The van der Waals surface area contributed by atoms with E-state index in [1.807, 2.05) is 12.1 Å². The maximum absolute atomic E-state index is 4.14. The molecule has 0 aromatic heterocycles. The zero-order valence-corrected chi connectivity index (χ0v) is 6.84. The van der Waals surface area contributed by atoms with Gasteiger partial charge in [0.1, 0.15) is 12.5 Å². The van der Waals surface area contributed by atoms with Gasteiger partial charge in [-0.3, -0.25) is 5.01 Å². The number of rotatable bonds is 1. The molecule has 0 aromatic rings. The van der Waals surface area contributed by atoms with Crippen LogP contribution in [0.3, 0.4) is 0 Å². The third-order valence-corrected chi connectivity index (χ3v) is 1.65. The summed E-state index contributed by atoms with van der Waals surface area (Å²) in [5.74, 6) is 1.08. The first-order valence-electron chi connectivity index (χ1n) is 2.41. The van der Waals surface area contributed by atoms with Crippen molar-refractivity contribution in [3.8, 4) is 0 Å². The van der Waals surface area contributed by atoms with Crippen molar-refractivity contribution in [3.63, 3.8) is 0 Å². The normalized spacial score (nSPS) is 18.2. The molecule has 1 N–H and O–H groups in total. The van der Waals surface area contributed by atoms with Gasteiger partial charge in [-0.2, -0.15) is 5.10 Å². The van der Waals surface area contributed by atoms with E-state index in [2.05, 4.69) is 33.0 Å². The monoisotopic (exact) mass is 225 g/mol. The fourth-order valence-corrected chi connectivity index (χ4v) is 0.979. The molecular formula is C4H8IN3. The van der Waals surface area contributed by atoms with Crippen LogP contribution in [0, 0.1) is 0 Å². The van der Waals surface area contributed by atoms with E-state index in [4.69, 9.17) is 0 Å². The Morgan fingerprint density at radius 3 is 3.00 bits per heavy atom. The van der Waals surface area contributed by atoms with Gasteiger partial charge in [0.25, 0.3) is 0 Å². The topological polar surface area (TPSA) is 27.6 Å². The number of alkyl halides is 1. The molecule has 0 fully saturated rings. The van der Waals surface area contributed by atoms with Gasteiger partial charge in [-0.25, -0.2) is 0 Å². The van der Waals surface area contributed by atoms with Gasteiger partial charge in [-0.1, -0.05) is 22.6 Å². The van der Waals surface area contributed by atoms with Crippen LogP contribution in [0.5, 0.6) is 0 Å². The summed E-state index contributed by atoms with van der Waals surface area (Å²) in [4.78, 5) is 0. The number of hydrazone groups is 1. The van der Waals surface area contributed by atoms with Crippen LogP contribution in [0.25, 0.3) is 0 Å². The average molecular weight is 225 g/mol. The Bertz CT molecular complexity index is 112. The summed E-state index contributed by atoms with van der Waals surface area (Å²) in [6, 6.07) is 0. The molecule has 0 atom stereocenters. The molecule has 0 aromatic carbocycles. The van der Waals surface area contributed by atoms with Crippen molar-refractivity contribution < 1.29 is 0 Å². The van der Waals surface area contributed by atoms with Gasteiger partial charge in [0.15, 0.2) is 0 Å². The van der Waals surface area contributed by atoms with Crippen LogP contribution in [-0.2, 0) is 0 Å². The fraction of sp³-hybridized carbons (Fsp3) is 0.750. The molecule has 4 heteroatoms. The number of amidine groups is 1. The second kappa shape index (κ2) is 2.52. The first kappa shape index (κ1) is 6.12. The largest absolute Gasteiger partial charge is 0.353 e. The number of halogens is 1. The van der Waals surface area contributed by atoms with Crippen molar-refractivity contribution in [1.29, 1.82) is 0 Å². The summed E-state index contributed by atoms with van der Waals surface area (Å²) < 4.78 is 0.974. The van der Waals surface area contributed by atoms with Crippen LogP contribution in [0.4, 0.5) is 0 Å². The predicted molar refractivity (Wildman–Crippen MR) is 42.1 cm³/mol. The van der Waals surface area contributed by atoms with Crippen LogP contribution in [0.2, 0.25) is 0 Å². The molecule has 0 spiro atoms. The Labute approximate surface area is 62.3 Å². The number of hydrogen-bond acceptors (Lipinski definition) is 3. The zero-order chi connectivity index (χ0) is 5.98. The van der Waals surface area contributed by atoms with Crippen molar-refractivity contribution in [2.75, 3.05) is 18.1 Å². The highest BCUT2D eigenvalue weighted by atomic mass is 127. The van der Waals surface area contributed by atoms with E-state index in [0.717, 1.165) is 16.9 Å². The molecule has 0 aliphatic carbocycles. The lowest BCUT2D eigenvalue weighted by molar-refractivity contribution is 0.380. The van der Waals surface area contributed by atoms with E-state index in [-0.39, 0.29) is 0 Å². The van der Waals surface area contributed by atoms with E-state index >= 15 is 0 Å². The molecule has 0 bridgehead atoms. The van der Waals surface area contributed by atoms with Gasteiger partial charge in [0.05, 0.1) is 4.43 Å². The summed E-state index contributed by atoms with van der Waals surface area (Å²) >= 11 is 2.28. The number of nitrogens with zero attached hydrogens (tertiary/aromatic N) is 2. The highest BCUT2D eigenvalue weighted by Crippen LogP contribution is 1.93. The molecule has 1 heterocycles. The van der Waals surface area contributed by atoms with Crippen molar-refractivity contribution in [1.82, 2.24) is 10.3 Å².